The number of methoxy groups -OCH3 is 1. The molecule has 0 spiro atoms. The summed E-state index contributed by atoms with van der Waals surface area (Å²) in [5.74, 6) is 0.942. The molecule has 0 fully saturated rings. The molecule has 16 heavy (non-hydrogen) atoms. The Labute approximate surface area is 97.6 Å². The van der Waals surface area contributed by atoms with Crippen LogP contribution < -0.4 is 9.75 Å². The van der Waals surface area contributed by atoms with Crippen molar-refractivity contribution in [1.29, 1.82) is 0 Å². The Morgan fingerprint density at radius 1 is 1.31 bits per heavy atom. The Bertz CT molecular complexity index is 361. The summed E-state index contributed by atoms with van der Waals surface area (Å²) in [4.78, 5) is 0. The maximum absolute atomic E-state index is 5.29. The van der Waals surface area contributed by atoms with Crippen LogP contribution in [0.25, 0.3) is 0 Å². The third kappa shape index (κ3) is 1.87. The van der Waals surface area contributed by atoms with Gasteiger partial charge in [0.2, 0.25) is 0 Å². The highest BCUT2D eigenvalue weighted by atomic mass is 16.5. The van der Waals surface area contributed by atoms with Crippen LogP contribution >= 0.6 is 0 Å². The third-order valence-electron chi connectivity index (χ3n) is 3.23. The molecule has 3 nitrogen and oxygen atoms in total. The summed E-state index contributed by atoms with van der Waals surface area (Å²) in [6.45, 7) is 7.58. The molecule has 0 aliphatic carbocycles. The predicted molar refractivity (Wildman–Crippen MR) is 67.0 cm³/mol. The van der Waals surface area contributed by atoms with Gasteiger partial charge in [-0.05, 0) is 18.1 Å². The van der Waals surface area contributed by atoms with Gasteiger partial charge in [-0.1, -0.05) is 19.9 Å². The number of rotatable bonds is 4. The molecular formula is C13H20N2O. The van der Waals surface area contributed by atoms with E-state index in [1.807, 2.05) is 6.07 Å². The van der Waals surface area contributed by atoms with Crippen molar-refractivity contribution in [3.63, 3.8) is 0 Å². The second-order valence-corrected chi connectivity index (χ2v) is 4.01. The Kier molecular flexibility index (Phi) is 3.34. The van der Waals surface area contributed by atoms with E-state index in [0.717, 1.165) is 31.8 Å². The fourth-order valence-corrected chi connectivity index (χ4v) is 2.33. The summed E-state index contributed by atoms with van der Waals surface area (Å²) in [7, 11) is 1.72. The average Bonchev–Trinajstić information content (AvgIpc) is 2.74. The van der Waals surface area contributed by atoms with Crippen molar-refractivity contribution >= 4 is 5.69 Å². The first-order valence-corrected chi connectivity index (χ1v) is 5.99. The lowest BCUT2D eigenvalue weighted by molar-refractivity contribution is 0.282. The van der Waals surface area contributed by atoms with Crippen LogP contribution in [0.1, 0.15) is 19.4 Å². The minimum Gasteiger partial charge on any atom is -0.497 e. The first kappa shape index (κ1) is 11.3. The normalized spacial score (nSPS) is 14.4. The van der Waals surface area contributed by atoms with E-state index in [2.05, 4.69) is 36.0 Å². The number of fused-ring (bicyclic) bond motifs is 1. The van der Waals surface area contributed by atoms with Gasteiger partial charge in [-0.25, -0.2) is 5.01 Å². The smallest absolute Gasteiger partial charge is 0.120 e. The van der Waals surface area contributed by atoms with Gasteiger partial charge in [0, 0.05) is 25.7 Å². The van der Waals surface area contributed by atoms with Gasteiger partial charge in [-0.2, -0.15) is 0 Å². The van der Waals surface area contributed by atoms with E-state index in [-0.39, 0.29) is 0 Å². The molecule has 0 amide bonds. The van der Waals surface area contributed by atoms with Crippen LogP contribution in [0.5, 0.6) is 5.75 Å². The summed E-state index contributed by atoms with van der Waals surface area (Å²) in [5, 5.41) is 4.74. The lowest BCUT2D eigenvalue weighted by Crippen LogP contribution is -2.41. The van der Waals surface area contributed by atoms with Crippen LogP contribution in [0.15, 0.2) is 18.2 Å². The van der Waals surface area contributed by atoms with Gasteiger partial charge in [0.1, 0.15) is 5.75 Å². The molecule has 0 saturated heterocycles. The van der Waals surface area contributed by atoms with Crippen LogP contribution in [0.3, 0.4) is 0 Å². The minimum atomic E-state index is 0.942. The molecule has 0 N–H and O–H groups in total. The van der Waals surface area contributed by atoms with E-state index in [1.165, 1.54) is 11.3 Å². The first-order chi connectivity index (χ1) is 7.80. The predicted octanol–water partition coefficient (Wildman–Crippen LogP) is 2.31. The van der Waals surface area contributed by atoms with Crippen molar-refractivity contribution in [2.24, 2.45) is 0 Å². The topological polar surface area (TPSA) is 15.7 Å². The summed E-state index contributed by atoms with van der Waals surface area (Å²) < 4.78 is 5.29. The summed E-state index contributed by atoms with van der Waals surface area (Å²) in [5.41, 5.74) is 2.73. The minimum absolute atomic E-state index is 0.942. The van der Waals surface area contributed by atoms with E-state index in [1.54, 1.807) is 7.11 Å². The largest absolute Gasteiger partial charge is 0.497 e. The molecule has 0 atom stereocenters. The fraction of sp³-hybridized carbons (Fsp3) is 0.538. The van der Waals surface area contributed by atoms with Crippen molar-refractivity contribution in [2.75, 3.05) is 31.8 Å². The summed E-state index contributed by atoms with van der Waals surface area (Å²) in [6.07, 6.45) is 1.13. The number of hydrogen-bond donors (Lipinski definition) is 0. The SMILES string of the molecule is CCN(CC)N1CCc2ccc(OC)cc21. The molecule has 1 aliphatic rings. The molecular weight excluding hydrogens is 200 g/mol. The van der Waals surface area contributed by atoms with Crippen LogP contribution in [0.4, 0.5) is 5.69 Å². The number of benzene rings is 1. The van der Waals surface area contributed by atoms with Gasteiger partial charge in [0.15, 0.2) is 0 Å². The highest BCUT2D eigenvalue weighted by Crippen LogP contribution is 2.32. The number of hydrazine groups is 1. The molecule has 1 aliphatic heterocycles. The molecule has 0 unspecified atom stereocenters. The van der Waals surface area contributed by atoms with Crippen molar-refractivity contribution in [1.82, 2.24) is 5.01 Å². The van der Waals surface area contributed by atoms with Gasteiger partial charge in [-0.15, -0.1) is 0 Å². The second-order valence-electron chi connectivity index (χ2n) is 4.01. The van der Waals surface area contributed by atoms with E-state index < -0.39 is 0 Å². The fourth-order valence-electron chi connectivity index (χ4n) is 2.33. The van der Waals surface area contributed by atoms with Crippen LogP contribution in [-0.2, 0) is 6.42 Å². The Hall–Kier alpha value is -1.22. The maximum atomic E-state index is 5.29. The number of ether oxygens (including phenoxy) is 1. The highest BCUT2D eigenvalue weighted by Gasteiger charge is 2.23. The van der Waals surface area contributed by atoms with Crippen LogP contribution in [0.2, 0.25) is 0 Å². The number of hydrogen-bond acceptors (Lipinski definition) is 3. The van der Waals surface area contributed by atoms with Gasteiger partial charge < -0.3 is 9.75 Å². The lowest BCUT2D eigenvalue weighted by Gasteiger charge is -2.32. The van der Waals surface area contributed by atoms with E-state index >= 15 is 0 Å². The molecule has 0 aromatic heterocycles. The zero-order valence-corrected chi connectivity index (χ0v) is 10.4. The standard InChI is InChI=1S/C13H20N2O/c1-4-14(5-2)15-9-8-11-6-7-12(16-3)10-13(11)15/h6-7,10H,4-5,8-9H2,1-3H3. The van der Waals surface area contributed by atoms with Gasteiger partial charge >= 0.3 is 0 Å². The average molecular weight is 220 g/mol. The lowest BCUT2D eigenvalue weighted by atomic mass is 10.1. The summed E-state index contributed by atoms with van der Waals surface area (Å²) in [6, 6.07) is 6.36. The maximum Gasteiger partial charge on any atom is 0.120 e. The molecule has 1 heterocycles. The molecule has 0 bridgehead atoms. The molecule has 0 radical (unpaired) electrons. The Balaban J connectivity index is 2.29. The molecule has 2 rings (SSSR count). The zero-order chi connectivity index (χ0) is 11.5. The van der Waals surface area contributed by atoms with E-state index in [4.69, 9.17) is 4.74 Å². The van der Waals surface area contributed by atoms with Crippen LogP contribution in [0, 0.1) is 0 Å². The molecule has 1 aromatic rings. The Morgan fingerprint density at radius 2 is 2.06 bits per heavy atom. The van der Waals surface area contributed by atoms with Crippen molar-refractivity contribution < 1.29 is 4.74 Å². The van der Waals surface area contributed by atoms with Crippen molar-refractivity contribution in [3.05, 3.63) is 23.8 Å². The monoisotopic (exact) mass is 220 g/mol. The Morgan fingerprint density at radius 3 is 2.69 bits per heavy atom. The second kappa shape index (κ2) is 4.74. The molecule has 1 aromatic carbocycles. The van der Waals surface area contributed by atoms with Gasteiger partial charge in [-0.3, -0.25) is 0 Å². The quantitative estimate of drug-likeness (QED) is 0.774. The highest BCUT2D eigenvalue weighted by molar-refractivity contribution is 5.60. The molecule has 3 heteroatoms. The van der Waals surface area contributed by atoms with Gasteiger partial charge in [0.25, 0.3) is 0 Å². The zero-order valence-electron chi connectivity index (χ0n) is 10.4. The molecule has 88 valence electrons. The van der Waals surface area contributed by atoms with Crippen molar-refractivity contribution in [2.45, 2.75) is 20.3 Å². The third-order valence-corrected chi connectivity index (χ3v) is 3.23. The van der Waals surface area contributed by atoms with Crippen LogP contribution in [-0.4, -0.2) is 31.8 Å². The van der Waals surface area contributed by atoms with E-state index in [0.29, 0.717) is 0 Å². The number of anilines is 1. The number of nitrogens with zero attached hydrogens (tertiary/aromatic N) is 2. The summed E-state index contributed by atoms with van der Waals surface area (Å²) >= 11 is 0. The van der Waals surface area contributed by atoms with E-state index in [9.17, 15) is 0 Å². The first-order valence-electron chi connectivity index (χ1n) is 5.99. The van der Waals surface area contributed by atoms with Gasteiger partial charge in [0.05, 0.1) is 12.8 Å². The molecule has 0 saturated carbocycles. The van der Waals surface area contributed by atoms with Crippen molar-refractivity contribution in [3.8, 4) is 5.75 Å².